The first kappa shape index (κ1) is 13.9. The van der Waals surface area contributed by atoms with E-state index in [1.54, 1.807) is 18.2 Å². The predicted molar refractivity (Wildman–Crippen MR) is 64.9 cm³/mol. The Bertz CT molecular complexity index is 565. The van der Waals surface area contributed by atoms with Crippen molar-refractivity contribution >= 4 is 54.5 Å². The van der Waals surface area contributed by atoms with Crippen LogP contribution in [-0.4, -0.2) is 48.8 Å². The fourth-order valence-corrected chi connectivity index (χ4v) is 1.52. The fourth-order valence-electron chi connectivity index (χ4n) is 1.52. The number of carbonyl (C=O) groups excluding carboxylic acids is 1. The molecule has 0 amide bonds. The summed E-state index contributed by atoms with van der Waals surface area (Å²) in [6.07, 6.45) is 0. The van der Waals surface area contributed by atoms with Crippen LogP contribution in [0.25, 0.3) is 10.8 Å². The van der Waals surface area contributed by atoms with E-state index in [9.17, 15) is 14.9 Å². The normalized spacial score (nSPS) is 9.41. The Morgan fingerprint density at radius 2 is 1.76 bits per heavy atom. The number of carbonyl (C=O) groups is 1. The van der Waals surface area contributed by atoms with Crippen molar-refractivity contribution in [3.05, 3.63) is 58.1 Å². The minimum atomic E-state index is -1.11. The van der Waals surface area contributed by atoms with Crippen molar-refractivity contribution in [3.8, 4) is 0 Å². The molecular weight excluding hydrogens is 250 g/mol. The molecule has 0 saturated heterocycles. The molecular formula is C11H9CaNO4. The van der Waals surface area contributed by atoms with Gasteiger partial charge in [0, 0.05) is 0 Å². The van der Waals surface area contributed by atoms with Crippen LogP contribution in [0.3, 0.4) is 0 Å². The third kappa shape index (κ3) is 3.15. The molecule has 0 aliphatic carbocycles. The Labute approximate surface area is 126 Å². The molecule has 84 valence electrons. The Kier molecular flexibility index (Phi) is 4.86. The summed E-state index contributed by atoms with van der Waals surface area (Å²) in [7, 11) is 0. The van der Waals surface area contributed by atoms with Crippen LogP contribution < -0.4 is 0 Å². The summed E-state index contributed by atoms with van der Waals surface area (Å²) in [5, 5.41) is 10.4. The second kappa shape index (κ2) is 5.95. The van der Waals surface area contributed by atoms with E-state index in [0.717, 1.165) is 5.39 Å². The molecule has 0 radical (unpaired) electrons. The van der Waals surface area contributed by atoms with Crippen LogP contribution in [0.1, 0.15) is 10.4 Å². The molecule has 2 aromatic carbocycles. The fraction of sp³-hybridized carbons (Fsp3) is 0. The summed E-state index contributed by atoms with van der Waals surface area (Å²) in [5.74, 6) is -0.957. The molecule has 0 N–H and O–H groups in total. The van der Waals surface area contributed by atoms with E-state index in [4.69, 9.17) is 0 Å². The molecule has 17 heavy (non-hydrogen) atoms. The molecule has 0 fully saturated rings. The summed E-state index contributed by atoms with van der Waals surface area (Å²) in [5.41, 5.74) is 0.190. The number of fused-ring (bicyclic) bond motifs is 1. The monoisotopic (exact) mass is 259 g/mol. The van der Waals surface area contributed by atoms with Crippen molar-refractivity contribution in [2.75, 3.05) is 0 Å². The summed E-state index contributed by atoms with van der Waals surface area (Å²) in [4.78, 5) is 25.4. The van der Waals surface area contributed by atoms with Gasteiger partial charge in [0.1, 0.15) is 0 Å². The molecule has 2 rings (SSSR count). The van der Waals surface area contributed by atoms with Crippen LogP contribution in [0.4, 0.5) is 0 Å². The molecule has 0 heterocycles. The summed E-state index contributed by atoms with van der Waals surface area (Å²) in [6, 6.07) is 12.1. The van der Waals surface area contributed by atoms with Crippen LogP contribution in [0, 0.1) is 10.1 Å². The zero-order valence-corrected chi connectivity index (χ0v) is 8.12. The Hall–Kier alpha value is -1.17. The third-order valence-corrected chi connectivity index (χ3v) is 2.17. The van der Waals surface area contributed by atoms with Crippen LogP contribution >= 0.6 is 0 Å². The van der Waals surface area contributed by atoms with E-state index < -0.39 is 11.1 Å². The summed E-state index contributed by atoms with van der Waals surface area (Å²) in [6.45, 7) is 0. The average molecular weight is 259 g/mol. The molecule has 2 aromatic rings. The van der Waals surface area contributed by atoms with Gasteiger partial charge >= 0.3 is 48.8 Å². The van der Waals surface area contributed by atoms with Crippen molar-refractivity contribution in [3.63, 3.8) is 0 Å². The average Bonchev–Trinajstić information content (AvgIpc) is 2.27. The molecule has 0 aliphatic heterocycles. The van der Waals surface area contributed by atoms with E-state index in [-0.39, 0.29) is 43.3 Å². The van der Waals surface area contributed by atoms with Crippen LogP contribution in [0.5, 0.6) is 0 Å². The zero-order chi connectivity index (χ0) is 11.5. The number of benzene rings is 2. The number of nitrogens with zero attached hydrogens (tertiary/aromatic N) is 1. The van der Waals surface area contributed by atoms with Crippen molar-refractivity contribution in [2.45, 2.75) is 0 Å². The van der Waals surface area contributed by atoms with Crippen molar-refractivity contribution in [2.24, 2.45) is 0 Å². The first-order chi connectivity index (χ1) is 7.68. The molecule has 0 saturated carbocycles. The second-order valence-corrected chi connectivity index (χ2v) is 3.13. The van der Waals surface area contributed by atoms with Gasteiger partial charge in [-0.15, -0.1) is 10.1 Å². The van der Waals surface area contributed by atoms with Gasteiger partial charge < -0.3 is 0 Å². The van der Waals surface area contributed by atoms with E-state index in [1.807, 2.05) is 18.2 Å². The van der Waals surface area contributed by atoms with Gasteiger partial charge in [-0.2, -0.15) is 0 Å². The van der Waals surface area contributed by atoms with Gasteiger partial charge in [0.15, 0.2) is 0 Å². The number of hydrogen-bond donors (Lipinski definition) is 0. The standard InChI is InChI=1S/C11H7NO4.Ca.2H/c13-11(16-12(14)15)10-7-3-5-8-4-1-2-6-9(8)10;;;/h1-7H;;;. The first-order valence-electron chi connectivity index (χ1n) is 4.53. The topological polar surface area (TPSA) is 69.4 Å². The molecule has 0 bridgehead atoms. The van der Waals surface area contributed by atoms with Crippen LogP contribution in [-0.2, 0) is 4.84 Å². The van der Waals surface area contributed by atoms with Crippen molar-refractivity contribution in [1.82, 2.24) is 0 Å². The van der Waals surface area contributed by atoms with Gasteiger partial charge in [-0.25, -0.2) is 4.84 Å². The molecule has 0 atom stereocenters. The van der Waals surface area contributed by atoms with Gasteiger partial charge in [0.05, 0.1) is 5.56 Å². The maximum absolute atomic E-state index is 11.4. The van der Waals surface area contributed by atoms with Gasteiger partial charge in [-0.3, -0.25) is 4.79 Å². The second-order valence-electron chi connectivity index (χ2n) is 3.13. The third-order valence-electron chi connectivity index (χ3n) is 2.17. The minimum absolute atomic E-state index is 0. The molecule has 0 unspecified atom stereocenters. The molecule has 0 aromatic heterocycles. The van der Waals surface area contributed by atoms with Crippen LogP contribution in [0.15, 0.2) is 42.5 Å². The maximum atomic E-state index is 11.4. The van der Waals surface area contributed by atoms with E-state index in [1.165, 1.54) is 6.07 Å². The zero-order valence-electron chi connectivity index (χ0n) is 8.12. The van der Waals surface area contributed by atoms with Gasteiger partial charge in [0.25, 0.3) is 0 Å². The molecule has 0 spiro atoms. The van der Waals surface area contributed by atoms with E-state index >= 15 is 0 Å². The van der Waals surface area contributed by atoms with Gasteiger partial charge in [0.2, 0.25) is 0 Å². The number of hydrogen-bond acceptors (Lipinski definition) is 4. The SMILES string of the molecule is O=C(O[N+](=O)[O-])c1cccc2ccccc12.[CaH2]. The Balaban J connectivity index is 0.00000144. The molecule has 0 aliphatic rings. The van der Waals surface area contributed by atoms with Gasteiger partial charge in [-0.1, -0.05) is 36.4 Å². The van der Waals surface area contributed by atoms with Crippen molar-refractivity contribution in [1.29, 1.82) is 0 Å². The number of rotatable bonds is 2. The first-order valence-corrected chi connectivity index (χ1v) is 4.53. The molecule has 5 nitrogen and oxygen atoms in total. The van der Waals surface area contributed by atoms with Crippen LogP contribution in [0.2, 0.25) is 0 Å². The summed E-state index contributed by atoms with van der Waals surface area (Å²) < 4.78 is 0. The van der Waals surface area contributed by atoms with Gasteiger partial charge in [-0.05, 0) is 16.8 Å². The van der Waals surface area contributed by atoms with E-state index in [0.29, 0.717) is 5.39 Å². The quantitative estimate of drug-likeness (QED) is 0.462. The summed E-state index contributed by atoms with van der Waals surface area (Å²) >= 11 is 0. The Morgan fingerprint density at radius 3 is 2.47 bits per heavy atom. The van der Waals surface area contributed by atoms with E-state index in [2.05, 4.69) is 4.84 Å². The van der Waals surface area contributed by atoms with Crippen molar-refractivity contribution < 1.29 is 14.7 Å². The predicted octanol–water partition coefficient (Wildman–Crippen LogP) is 1.27. The molecule has 6 heteroatoms. The Morgan fingerprint density at radius 1 is 1.12 bits per heavy atom.